The first kappa shape index (κ1) is 38.9. The molecule has 3 N–H and O–H groups in total. The first-order valence-corrected chi connectivity index (χ1v) is 16.3. The maximum atomic E-state index is 10.3. The van der Waals surface area contributed by atoms with E-state index in [1.807, 2.05) is 121 Å². The molecule has 257 valence electrons. The predicted octanol–water partition coefficient (Wildman–Crippen LogP) is 6.65. The van der Waals surface area contributed by atoms with Crippen LogP contribution in [0.4, 0.5) is 17.5 Å². The number of rotatable bonds is 12. The van der Waals surface area contributed by atoms with Gasteiger partial charge in [-0.3, -0.25) is 4.90 Å². The van der Waals surface area contributed by atoms with Gasteiger partial charge in [-0.15, -0.1) is 5.75 Å². The van der Waals surface area contributed by atoms with Crippen LogP contribution in [0.5, 0.6) is 5.75 Å². The molecule has 6 aromatic rings. The summed E-state index contributed by atoms with van der Waals surface area (Å²) in [4.78, 5) is 15.3. The van der Waals surface area contributed by atoms with E-state index in [0.717, 1.165) is 67.8 Å². The molecule has 0 amide bonds. The number of nitrogens with zero attached hydrogens (tertiary/aromatic N) is 4. The summed E-state index contributed by atoms with van der Waals surface area (Å²) in [5.74, 6) is 9.00. The molecule has 0 spiro atoms. The zero-order valence-electron chi connectivity index (χ0n) is 27.9. The minimum Gasteiger partial charge on any atom is -0.872 e. The summed E-state index contributed by atoms with van der Waals surface area (Å²) in [5.41, 5.74) is 2.10. The third-order valence-corrected chi connectivity index (χ3v) is 6.84. The smallest absolute Gasteiger partial charge is 0.125 e. The largest absolute Gasteiger partial charge is 0.872 e. The van der Waals surface area contributed by atoms with Crippen LogP contribution in [0.1, 0.15) is 11.1 Å². The van der Waals surface area contributed by atoms with E-state index >= 15 is 0 Å². The average Bonchev–Trinajstić information content (AvgIpc) is 3.17. The van der Waals surface area contributed by atoms with E-state index in [1.165, 1.54) is 12.1 Å². The van der Waals surface area contributed by atoms with Crippen molar-refractivity contribution < 1.29 is 24.6 Å². The first-order valence-electron chi connectivity index (χ1n) is 16.3. The number of benzene rings is 3. The van der Waals surface area contributed by atoms with Gasteiger partial charge in [0.15, 0.2) is 0 Å². The van der Waals surface area contributed by atoms with Crippen LogP contribution < -0.4 is 21.1 Å². The Bertz CT molecular complexity index is 1590. The van der Waals surface area contributed by atoms with E-state index in [1.54, 1.807) is 30.7 Å². The van der Waals surface area contributed by atoms with Crippen molar-refractivity contribution in [2.75, 3.05) is 55.2 Å². The van der Waals surface area contributed by atoms with E-state index in [2.05, 4.69) is 47.6 Å². The second kappa shape index (κ2) is 24.6. The number of anilines is 3. The van der Waals surface area contributed by atoms with Gasteiger partial charge in [0.2, 0.25) is 0 Å². The topological polar surface area (TPSA) is 101 Å². The Morgan fingerprint density at radius 3 is 1.04 bits per heavy atom. The van der Waals surface area contributed by atoms with Crippen LogP contribution in [0.3, 0.4) is 0 Å². The second-order valence-electron chi connectivity index (χ2n) is 10.6. The fraction of sp³-hybridized carbons (Fsp3) is 0.146. The molecule has 6 rings (SSSR count). The first-order chi connectivity index (χ1) is 24.2. The monoisotopic (exact) mass is 751 g/mol. The fourth-order valence-electron chi connectivity index (χ4n) is 4.37. The summed E-state index contributed by atoms with van der Waals surface area (Å²) in [5, 5.41) is 20.4. The number of para-hydroxylation sites is 1. The quantitative estimate of drug-likeness (QED) is 0.0945. The van der Waals surface area contributed by atoms with E-state index in [-0.39, 0.29) is 25.2 Å². The Morgan fingerprint density at radius 2 is 0.760 bits per heavy atom. The van der Waals surface area contributed by atoms with Crippen molar-refractivity contribution in [3.8, 4) is 17.6 Å². The van der Waals surface area contributed by atoms with Crippen molar-refractivity contribution >= 4 is 17.5 Å². The van der Waals surface area contributed by atoms with E-state index in [4.69, 9.17) is 0 Å². The van der Waals surface area contributed by atoms with Crippen LogP contribution in [0.15, 0.2) is 164 Å². The predicted molar refractivity (Wildman–Crippen MR) is 199 cm³/mol. The standard InChI is InChI=1S/C21H27N7.C14H10.C6H6O.Rh/c1-4-10-22-19(7-1)25-13-16-28(17-14-26-20-8-2-5-11-23-20)18-15-27-21-9-3-6-12-24-21;1-3-7-13(8-4-1)11-12-14-9-5-2-6-10-14;7-6-4-2-1-3-5-6;/h1-12H,13-18H2,(H,22,25)(H,23,26)(H,24,27);1-10H;1-5,7H;/p-1. The van der Waals surface area contributed by atoms with Gasteiger partial charge in [0.05, 0.1) is 0 Å². The van der Waals surface area contributed by atoms with Crippen LogP contribution in [-0.2, 0) is 19.5 Å². The van der Waals surface area contributed by atoms with E-state index < -0.39 is 0 Å². The fourth-order valence-corrected chi connectivity index (χ4v) is 4.37. The molecule has 0 fully saturated rings. The van der Waals surface area contributed by atoms with Gasteiger partial charge >= 0.3 is 0 Å². The number of aromatic nitrogens is 3. The molecule has 0 atom stereocenters. The van der Waals surface area contributed by atoms with Gasteiger partial charge in [-0.05, 0) is 60.7 Å². The summed E-state index contributed by atoms with van der Waals surface area (Å²) in [6, 6.07) is 46.0. The van der Waals surface area contributed by atoms with Crippen molar-refractivity contribution in [2.24, 2.45) is 0 Å². The minimum atomic E-state index is 0. The Morgan fingerprint density at radius 1 is 0.440 bits per heavy atom. The van der Waals surface area contributed by atoms with Crippen molar-refractivity contribution in [1.82, 2.24) is 19.9 Å². The van der Waals surface area contributed by atoms with Crippen molar-refractivity contribution in [1.29, 1.82) is 0 Å². The van der Waals surface area contributed by atoms with Crippen LogP contribution >= 0.6 is 0 Å². The third kappa shape index (κ3) is 17.0. The molecule has 3 aromatic heterocycles. The molecule has 0 saturated heterocycles. The number of nitrogens with one attached hydrogen (secondary N) is 3. The molecule has 9 heteroatoms. The van der Waals surface area contributed by atoms with Crippen molar-refractivity contribution in [3.63, 3.8) is 0 Å². The maximum Gasteiger partial charge on any atom is 0.125 e. The van der Waals surface area contributed by atoms with Gasteiger partial charge in [-0.2, -0.15) is 0 Å². The van der Waals surface area contributed by atoms with E-state index in [9.17, 15) is 5.11 Å². The molecule has 3 aromatic carbocycles. The average molecular weight is 752 g/mol. The normalized spacial score (nSPS) is 9.62. The van der Waals surface area contributed by atoms with Gasteiger partial charge < -0.3 is 21.1 Å². The summed E-state index contributed by atoms with van der Waals surface area (Å²) in [6.07, 6.45) is 5.40. The van der Waals surface area contributed by atoms with Gasteiger partial charge in [-0.25, -0.2) is 15.0 Å². The molecule has 0 bridgehead atoms. The van der Waals surface area contributed by atoms with Crippen LogP contribution in [0, 0.1) is 11.8 Å². The Labute approximate surface area is 308 Å². The van der Waals surface area contributed by atoms with Crippen molar-refractivity contribution in [3.05, 3.63) is 175 Å². The molecular formula is C41H42N7ORh-. The van der Waals surface area contributed by atoms with Gasteiger partial charge in [-0.1, -0.05) is 96.8 Å². The van der Waals surface area contributed by atoms with E-state index in [0.29, 0.717) is 0 Å². The molecule has 1 radical (unpaired) electrons. The Kier molecular flexibility index (Phi) is 19.1. The molecule has 0 aliphatic heterocycles. The van der Waals surface area contributed by atoms with Gasteiger partial charge in [0.1, 0.15) is 17.5 Å². The Balaban J connectivity index is 0.000000253. The molecule has 0 saturated carbocycles. The maximum absolute atomic E-state index is 10.3. The molecule has 0 unspecified atom stereocenters. The summed E-state index contributed by atoms with van der Waals surface area (Å²) in [6.45, 7) is 5.28. The second-order valence-corrected chi connectivity index (χ2v) is 10.6. The van der Waals surface area contributed by atoms with Crippen LogP contribution in [0.25, 0.3) is 0 Å². The number of hydrogen-bond donors (Lipinski definition) is 3. The molecule has 50 heavy (non-hydrogen) atoms. The molecule has 8 nitrogen and oxygen atoms in total. The third-order valence-electron chi connectivity index (χ3n) is 6.84. The zero-order chi connectivity index (χ0) is 34.0. The van der Waals surface area contributed by atoms with Gasteiger partial charge in [0.25, 0.3) is 0 Å². The number of pyridine rings is 3. The molecular weight excluding hydrogens is 709 g/mol. The summed E-state index contributed by atoms with van der Waals surface area (Å²) in [7, 11) is 0. The SMILES string of the molecule is C(#Cc1ccccc1)c1ccccc1.[O-]c1ccccc1.[Rh].c1ccc(NCCN(CCNc2ccccn2)CCNc2ccccn2)nc1. The van der Waals surface area contributed by atoms with Crippen LogP contribution in [-0.4, -0.2) is 59.1 Å². The molecule has 3 heterocycles. The van der Waals surface area contributed by atoms with Crippen LogP contribution in [0.2, 0.25) is 0 Å². The summed E-state index contributed by atoms with van der Waals surface area (Å²) >= 11 is 0. The Hall–Kier alpha value is -5.55. The van der Waals surface area contributed by atoms with Crippen molar-refractivity contribution in [2.45, 2.75) is 0 Å². The van der Waals surface area contributed by atoms with Gasteiger partial charge in [0, 0.05) is 88.5 Å². The number of hydrogen-bond acceptors (Lipinski definition) is 8. The zero-order valence-corrected chi connectivity index (χ0v) is 29.5. The molecule has 0 aliphatic rings. The molecule has 0 aliphatic carbocycles. The summed E-state index contributed by atoms with van der Waals surface area (Å²) < 4.78 is 0. The minimum absolute atomic E-state index is 0.